The zero-order valence-corrected chi connectivity index (χ0v) is 15.0. The van der Waals surface area contributed by atoms with Gasteiger partial charge in [0.25, 0.3) is 0 Å². The first-order valence-corrected chi connectivity index (χ1v) is 9.38. The molecule has 0 aromatic heterocycles. The highest BCUT2D eigenvalue weighted by Crippen LogP contribution is 2.28. The van der Waals surface area contributed by atoms with Crippen molar-refractivity contribution in [2.24, 2.45) is 5.92 Å². The maximum atomic E-state index is 13.1. The van der Waals surface area contributed by atoms with E-state index in [1.165, 1.54) is 5.56 Å². The summed E-state index contributed by atoms with van der Waals surface area (Å²) in [6.45, 7) is 4.64. The van der Waals surface area contributed by atoms with Gasteiger partial charge in [0, 0.05) is 25.2 Å². The van der Waals surface area contributed by atoms with Crippen LogP contribution >= 0.6 is 0 Å². The van der Waals surface area contributed by atoms with Crippen molar-refractivity contribution in [3.8, 4) is 0 Å². The third kappa shape index (κ3) is 4.40. The molecule has 1 aromatic rings. The first kappa shape index (κ1) is 17.9. The molecule has 5 nitrogen and oxygen atoms in total. The highest BCUT2D eigenvalue weighted by Gasteiger charge is 2.36. The number of carboxylic acid groups (broad SMARTS) is 1. The summed E-state index contributed by atoms with van der Waals surface area (Å²) in [5.41, 5.74) is 2.18. The second-order valence-corrected chi connectivity index (χ2v) is 7.42. The molecule has 136 valence electrons. The Hall–Kier alpha value is -1.88. The maximum Gasteiger partial charge on any atom is 0.303 e. The van der Waals surface area contributed by atoms with Crippen molar-refractivity contribution in [2.75, 3.05) is 24.5 Å². The quantitative estimate of drug-likeness (QED) is 0.892. The lowest BCUT2D eigenvalue weighted by Crippen LogP contribution is -2.55. The molecule has 0 spiro atoms. The van der Waals surface area contributed by atoms with Crippen LogP contribution in [0.2, 0.25) is 0 Å². The van der Waals surface area contributed by atoms with Gasteiger partial charge in [-0.15, -0.1) is 0 Å². The fraction of sp³-hybridized carbons (Fsp3) is 0.600. The van der Waals surface area contributed by atoms with Gasteiger partial charge in [0.05, 0.1) is 6.04 Å². The molecule has 0 saturated carbocycles. The van der Waals surface area contributed by atoms with E-state index in [1.54, 1.807) is 0 Å². The zero-order chi connectivity index (χ0) is 17.8. The number of carbonyl (C=O) groups is 2. The Morgan fingerprint density at radius 2 is 1.88 bits per heavy atom. The monoisotopic (exact) mass is 344 g/mol. The predicted molar refractivity (Wildman–Crippen MR) is 97.7 cm³/mol. The summed E-state index contributed by atoms with van der Waals surface area (Å²) >= 11 is 0. The Labute approximate surface area is 149 Å². The molecule has 1 N–H and O–H groups in total. The molecular formula is C20H28N2O3. The lowest BCUT2D eigenvalue weighted by atomic mass is 9.91. The number of amides is 1. The van der Waals surface area contributed by atoms with Crippen LogP contribution < -0.4 is 4.90 Å². The number of hydrogen-bond donors (Lipinski definition) is 1. The van der Waals surface area contributed by atoms with Gasteiger partial charge in [-0.2, -0.15) is 0 Å². The summed E-state index contributed by atoms with van der Waals surface area (Å²) in [5, 5.41) is 8.91. The molecule has 2 saturated heterocycles. The molecule has 5 heteroatoms. The van der Waals surface area contributed by atoms with Crippen LogP contribution in [0.3, 0.4) is 0 Å². The highest BCUT2D eigenvalue weighted by atomic mass is 16.4. The molecular weight excluding hydrogens is 316 g/mol. The molecule has 0 aliphatic carbocycles. The van der Waals surface area contributed by atoms with E-state index in [2.05, 4.69) is 24.0 Å². The summed E-state index contributed by atoms with van der Waals surface area (Å²) in [5.74, 6) is -0.127. The summed E-state index contributed by atoms with van der Waals surface area (Å²) < 4.78 is 0. The topological polar surface area (TPSA) is 60.9 Å². The zero-order valence-electron chi connectivity index (χ0n) is 15.0. The second kappa shape index (κ2) is 8.00. The Morgan fingerprint density at radius 3 is 2.60 bits per heavy atom. The SMILES string of the molecule is Cc1ccc(N2CCCC(N3CCCC(CCC(=O)O)C3)C2=O)cc1. The fourth-order valence-corrected chi connectivity index (χ4v) is 4.12. The Morgan fingerprint density at radius 1 is 1.16 bits per heavy atom. The van der Waals surface area contributed by atoms with E-state index < -0.39 is 5.97 Å². The number of likely N-dealkylation sites (tertiary alicyclic amines) is 1. The number of carboxylic acids is 1. The summed E-state index contributed by atoms with van der Waals surface area (Å²) in [4.78, 5) is 28.1. The van der Waals surface area contributed by atoms with Crippen LogP contribution in [-0.2, 0) is 9.59 Å². The van der Waals surface area contributed by atoms with Crippen LogP contribution in [0.5, 0.6) is 0 Å². The Balaban J connectivity index is 1.66. The number of piperidine rings is 2. The molecule has 3 rings (SSSR count). The van der Waals surface area contributed by atoms with E-state index in [1.807, 2.05) is 17.0 Å². The standard InChI is InChI=1S/C20H28N2O3/c1-15-6-9-17(10-7-15)22-13-3-5-18(20(22)25)21-12-2-4-16(14-21)8-11-19(23)24/h6-7,9-10,16,18H,2-5,8,11-14H2,1H3,(H,23,24). The number of carbonyl (C=O) groups excluding carboxylic acids is 1. The van der Waals surface area contributed by atoms with Gasteiger partial charge in [0.2, 0.25) is 5.91 Å². The predicted octanol–water partition coefficient (Wildman–Crippen LogP) is 3.07. The summed E-state index contributed by atoms with van der Waals surface area (Å²) in [7, 11) is 0. The van der Waals surface area contributed by atoms with Gasteiger partial charge in [-0.3, -0.25) is 14.5 Å². The molecule has 2 fully saturated rings. The third-order valence-electron chi connectivity index (χ3n) is 5.51. The van der Waals surface area contributed by atoms with Gasteiger partial charge in [0.1, 0.15) is 0 Å². The normalized spacial score (nSPS) is 25.2. The van der Waals surface area contributed by atoms with Crippen LogP contribution in [0.15, 0.2) is 24.3 Å². The smallest absolute Gasteiger partial charge is 0.303 e. The molecule has 2 unspecified atom stereocenters. The minimum atomic E-state index is -0.726. The molecule has 25 heavy (non-hydrogen) atoms. The number of aliphatic carboxylic acids is 1. The molecule has 2 heterocycles. The molecule has 0 bridgehead atoms. The fourth-order valence-electron chi connectivity index (χ4n) is 4.12. The van der Waals surface area contributed by atoms with E-state index >= 15 is 0 Å². The van der Waals surface area contributed by atoms with Gasteiger partial charge < -0.3 is 10.0 Å². The third-order valence-corrected chi connectivity index (χ3v) is 5.51. The lowest BCUT2D eigenvalue weighted by Gasteiger charge is -2.42. The average Bonchev–Trinajstić information content (AvgIpc) is 2.61. The van der Waals surface area contributed by atoms with Crippen molar-refractivity contribution >= 4 is 17.6 Å². The minimum absolute atomic E-state index is 0.0531. The number of aryl methyl sites for hydroxylation is 1. The van der Waals surface area contributed by atoms with E-state index in [4.69, 9.17) is 5.11 Å². The number of benzene rings is 1. The molecule has 1 amide bonds. The minimum Gasteiger partial charge on any atom is -0.481 e. The van der Waals surface area contributed by atoms with Crippen LogP contribution in [0.25, 0.3) is 0 Å². The molecule has 2 aliphatic rings. The van der Waals surface area contributed by atoms with Crippen LogP contribution in [-0.4, -0.2) is 47.6 Å². The largest absolute Gasteiger partial charge is 0.481 e. The summed E-state index contributed by atoms with van der Waals surface area (Å²) in [6.07, 6.45) is 5.00. The first-order valence-electron chi connectivity index (χ1n) is 9.38. The number of rotatable bonds is 5. The number of nitrogens with zero attached hydrogens (tertiary/aromatic N) is 2. The van der Waals surface area contributed by atoms with Crippen molar-refractivity contribution in [3.63, 3.8) is 0 Å². The van der Waals surface area contributed by atoms with Crippen molar-refractivity contribution in [1.82, 2.24) is 4.90 Å². The van der Waals surface area contributed by atoms with Crippen molar-refractivity contribution in [1.29, 1.82) is 0 Å². The van der Waals surface area contributed by atoms with Gasteiger partial charge in [-0.05, 0) is 63.6 Å². The van der Waals surface area contributed by atoms with Crippen molar-refractivity contribution in [2.45, 2.75) is 51.5 Å². The number of anilines is 1. The van der Waals surface area contributed by atoms with Crippen molar-refractivity contribution in [3.05, 3.63) is 29.8 Å². The highest BCUT2D eigenvalue weighted by molar-refractivity contribution is 5.97. The molecule has 2 aliphatic heterocycles. The molecule has 2 atom stereocenters. The van der Waals surface area contributed by atoms with E-state index in [-0.39, 0.29) is 18.4 Å². The van der Waals surface area contributed by atoms with E-state index in [0.29, 0.717) is 12.3 Å². The second-order valence-electron chi connectivity index (χ2n) is 7.42. The Kier molecular flexibility index (Phi) is 5.74. The Bertz CT molecular complexity index is 614. The summed E-state index contributed by atoms with van der Waals surface area (Å²) in [6, 6.07) is 8.11. The van der Waals surface area contributed by atoms with E-state index in [9.17, 15) is 9.59 Å². The van der Waals surface area contributed by atoms with Crippen LogP contribution in [0, 0.1) is 12.8 Å². The maximum absolute atomic E-state index is 13.1. The van der Waals surface area contributed by atoms with Gasteiger partial charge in [-0.1, -0.05) is 17.7 Å². The van der Waals surface area contributed by atoms with Crippen LogP contribution in [0.1, 0.15) is 44.1 Å². The van der Waals surface area contributed by atoms with Gasteiger partial charge in [-0.25, -0.2) is 0 Å². The first-order chi connectivity index (χ1) is 12.0. The average molecular weight is 344 g/mol. The van der Waals surface area contributed by atoms with Gasteiger partial charge in [0.15, 0.2) is 0 Å². The lowest BCUT2D eigenvalue weighted by molar-refractivity contribution is -0.137. The van der Waals surface area contributed by atoms with Crippen LogP contribution in [0.4, 0.5) is 5.69 Å². The molecule has 1 aromatic carbocycles. The molecule has 0 radical (unpaired) electrons. The van der Waals surface area contributed by atoms with E-state index in [0.717, 1.165) is 51.0 Å². The van der Waals surface area contributed by atoms with Gasteiger partial charge >= 0.3 is 5.97 Å². The number of hydrogen-bond acceptors (Lipinski definition) is 3. The van der Waals surface area contributed by atoms with Crippen molar-refractivity contribution < 1.29 is 14.7 Å².